The van der Waals surface area contributed by atoms with Crippen molar-refractivity contribution in [2.75, 3.05) is 7.11 Å². The number of hydrogen-bond donors (Lipinski definition) is 1. The fraction of sp³-hybridized carbons (Fsp3) is 0.125. The normalized spacial score (nSPS) is 10.7. The van der Waals surface area contributed by atoms with Crippen LogP contribution < -0.4 is 9.47 Å². The number of aromatic amines is 1. The molecule has 0 aliphatic heterocycles. The SMILES string of the molecule is COc1cccc(OCc2cc3ccc(F)cc3[nH]2)c1. The van der Waals surface area contributed by atoms with E-state index in [0.29, 0.717) is 6.61 Å². The van der Waals surface area contributed by atoms with Gasteiger partial charge in [-0.2, -0.15) is 0 Å². The summed E-state index contributed by atoms with van der Waals surface area (Å²) in [6.07, 6.45) is 0. The number of H-pyrrole nitrogens is 1. The van der Waals surface area contributed by atoms with Gasteiger partial charge in [-0.3, -0.25) is 0 Å². The van der Waals surface area contributed by atoms with Crippen molar-refractivity contribution in [3.05, 3.63) is 60.0 Å². The molecule has 102 valence electrons. The molecule has 1 N–H and O–H groups in total. The van der Waals surface area contributed by atoms with E-state index in [1.165, 1.54) is 12.1 Å². The van der Waals surface area contributed by atoms with Crippen LogP contribution >= 0.6 is 0 Å². The molecule has 0 radical (unpaired) electrons. The number of ether oxygens (including phenoxy) is 2. The van der Waals surface area contributed by atoms with Crippen LogP contribution in [0.2, 0.25) is 0 Å². The summed E-state index contributed by atoms with van der Waals surface area (Å²) in [6.45, 7) is 0.392. The zero-order chi connectivity index (χ0) is 13.9. The van der Waals surface area contributed by atoms with E-state index in [2.05, 4.69) is 4.98 Å². The lowest BCUT2D eigenvalue weighted by Crippen LogP contribution is -1.95. The second-order valence-electron chi connectivity index (χ2n) is 4.49. The number of methoxy groups -OCH3 is 1. The molecule has 20 heavy (non-hydrogen) atoms. The van der Waals surface area contributed by atoms with E-state index in [-0.39, 0.29) is 5.82 Å². The number of nitrogens with one attached hydrogen (secondary N) is 1. The summed E-state index contributed by atoms with van der Waals surface area (Å²) in [6, 6.07) is 14.0. The molecule has 0 unspecified atom stereocenters. The van der Waals surface area contributed by atoms with Crippen LogP contribution in [0.3, 0.4) is 0 Å². The quantitative estimate of drug-likeness (QED) is 0.781. The van der Waals surface area contributed by atoms with Gasteiger partial charge in [-0.15, -0.1) is 0 Å². The lowest BCUT2D eigenvalue weighted by atomic mass is 10.2. The largest absolute Gasteiger partial charge is 0.497 e. The highest BCUT2D eigenvalue weighted by atomic mass is 19.1. The summed E-state index contributed by atoms with van der Waals surface area (Å²) in [7, 11) is 1.62. The first kappa shape index (κ1) is 12.5. The molecule has 0 aliphatic rings. The van der Waals surface area contributed by atoms with Gasteiger partial charge in [0.2, 0.25) is 0 Å². The van der Waals surface area contributed by atoms with Crippen LogP contribution in [0, 0.1) is 5.82 Å². The third-order valence-electron chi connectivity index (χ3n) is 3.08. The number of aromatic nitrogens is 1. The number of fused-ring (bicyclic) bond motifs is 1. The van der Waals surface area contributed by atoms with Gasteiger partial charge < -0.3 is 14.5 Å². The maximum absolute atomic E-state index is 13.1. The van der Waals surface area contributed by atoms with Crippen molar-refractivity contribution in [2.24, 2.45) is 0 Å². The van der Waals surface area contributed by atoms with Crippen molar-refractivity contribution in [1.82, 2.24) is 4.98 Å². The first-order chi connectivity index (χ1) is 9.74. The fourth-order valence-electron chi connectivity index (χ4n) is 2.09. The average molecular weight is 271 g/mol. The Morgan fingerprint density at radius 3 is 2.75 bits per heavy atom. The number of halogens is 1. The topological polar surface area (TPSA) is 34.2 Å². The highest BCUT2D eigenvalue weighted by molar-refractivity contribution is 5.80. The monoisotopic (exact) mass is 271 g/mol. The molecule has 0 aliphatic carbocycles. The molecule has 3 aromatic rings. The molecule has 2 aromatic carbocycles. The van der Waals surface area contributed by atoms with E-state index >= 15 is 0 Å². The standard InChI is InChI=1S/C16H14FNO2/c1-19-14-3-2-4-15(9-14)20-10-13-7-11-5-6-12(17)8-16(11)18-13/h2-9,18H,10H2,1H3. The summed E-state index contributed by atoms with van der Waals surface area (Å²) in [5, 5.41) is 0.968. The summed E-state index contributed by atoms with van der Waals surface area (Å²) < 4.78 is 23.9. The molecule has 1 heterocycles. The summed E-state index contributed by atoms with van der Waals surface area (Å²) in [5.74, 6) is 1.23. The Morgan fingerprint density at radius 1 is 1.05 bits per heavy atom. The van der Waals surface area contributed by atoms with Crippen molar-refractivity contribution in [3.8, 4) is 11.5 Å². The van der Waals surface area contributed by atoms with Gasteiger partial charge in [0, 0.05) is 11.6 Å². The number of hydrogen-bond acceptors (Lipinski definition) is 2. The highest BCUT2D eigenvalue weighted by Crippen LogP contribution is 2.21. The van der Waals surface area contributed by atoms with Crippen molar-refractivity contribution >= 4 is 10.9 Å². The number of benzene rings is 2. The van der Waals surface area contributed by atoms with Crippen LogP contribution in [0.5, 0.6) is 11.5 Å². The van der Waals surface area contributed by atoms with Crippen molar-refractivity contribution in [3.63, 3.8) is 0 Å². The van der Waals surface area contributed by atoms with E-state index in [1.807, 2.05) is 30.3 Å². The summed E-state index contributed by atoms with van der Waals surface area (Å²) in [5.41, 5.74) is 1.67. The second-order valence-corrected chi connectivity index (χ2v) is 4.49. The Kier molecular flexibility index (Phi) is 3.29. The second kappa shape index (κ2) is 5.25. The van der Waals surface area contributed by atoms with Crippen LogP contribution in [0.1, 0.15) is 5.69 Å². The van der Waals surface area contributed by atoms with E-state index in [1.54, 1.807) is 13.2 Å². The Morgan fingerprint density at radius 2 is 1.90 bits per heavy atom. The van der Waals surface area contributed by atoms with Crippen LogP contribution in [0.15, 0.2) is 48.5 Å². The lowest BCUT2D eigenvalue weighted by Gasteiger charge is -2.06. The van der Waals surface area contributed by atoms with E-state index in [0.717, 1.165) is 28.1 Å². The molecule has 0 atom stereocenters. The van der Waals surface area contributed by atoms with Crippen molar-refractivity contribution < 1.29 is 13.9 Å². The molecule has 4 heteroatoms. The fourth-order valence-corrected chi connectivity index (χ4v) is 2.09. The first-order valence-corrected chi connectivity index (χ1v) is 6.28. The summed E-state index contributed by atoms with van der Waals surface area (Å²) >= 11 is 0. The Bertz CT molecular complexity index is 736. The molecule has 1 aromatic heterocycles. The predicted octanol–water partition coefficient (Wildman–Crippen LogP) is 3.89. The molecular formula is C16H14FNO2. The highest BCUT2D eigenvalue weighted by Gasteiger charge is 2.03. The van der Waals surface area contributed by atoms with Gasteiger partial charge in [-0.05, 0) is 41.8 Å². The minimum atomic E-state index is -0.250. The van der Waals surface area contributed by atoms with Gasteiger partial charge in [0.1, 0.15) is 23.9 Å². The maximum atomic E-state index is 13.1. The Labute approximate surface area is 116 Å². The molecule has 3 rings (SSSR count). The minimum absolute atomic E-state index is 0.250. The summed E-state index contributed by atoms with van der Waals surface area (Å²) in [4.78, 5) is 3.14. The van der Waals surface area contributed by atoms with Crippen molar-refractivity contribution in [1.29, 1.82) is 0 Å². The van der Waals surface area contributed by atoms with E-state index in [4.69, 9.17) is 9.47 Å². The van der Waals surface area contributed by atoms with Gasteiger partial charge in [0.05, 0.1) is 12.8 Å². The van der Waals surface area contributed by atoms with Crippen LogP contribution in [0.25, 0.3) is 10.9 Å². The van der Waals surface area contributed by atoms with Gasteiger partial charge in [-0.1, -0.05) is 6.07 Å². The van der Waals surface area contributed by atoms with E-state index < -0.39 is 0 Å². The van der Waals surface area contributed by atoms with Crippen molar-refractivity contribution in [2.45, 2.75) is 6.61 Å². The number of rotatable bonds is 4. The third-order valence-corrected chi connectivity index (χ3v) is 3.08. The molecule has 0 bridgehead atoms. The Balaban J connectivity index is 1.76. The molecule has 3 nitrogen and oxygen atoms in total. The molecule has 0 saturated heterocycles. The van der Waals surface area contributed by atoms with Gasteiger partial charge in [0.25, 0.3) is 0 Å². The van der Waals surface area contributed by atoms with Gasteiger partial charge in [-0.25, -0.2) is 4.39 Å². The van der Waals surface area contributed by atoms with Crippen LogP contribution in [-0.4, -0.2) is 12.1 Å². The van der Waals surface area contributed by atoms with Crippen LogP contribution in [0.4, 0.5) is 4.39 Å². The molecule has 0 fully saturated rings. The van der Waals surface area contributed by atoms with Gasteiger partial charge in [0.15, 0.2) is 0 Å². The predicted molar refractivity (Wildman–Crippen MR) is 75.6 cm³/mol. The molecule has 0 amide bonds. The average Bonchev–Trinajstić information content (AvgIpc) is 2.87. The minimum Gasteiger partial charge on any atom is -0.497 e. The van der Waals surface area contributed by atoms with Gasteiger partial charge >= 0.3 is 0 Å². The van der Waals surface area contributed by atoms with E-state index in [9.17, 15) is 4.39 Å². The smallest absolute Gasteiger partial charge is 0.128 e. The maximum Gasteiger partial charge on any atom is 0.128 e. The molecule has 0 saturated carbocycles. The third kappa shape index (κ3) is 2.59. The van der Waals surface area contributed by atoms with Crippen LogP contribution in [-0.2, 0) is 6.61 Å². The molecular weight excluding hydrogens is 257 g/mol. The lowest BCUT2D eigenvalue weighted by molar-refractivity contribution is 0.300. The zero-order valence-electron chi connectivity index (χ0n) is 11.0. The molecule has 0 spiro atoms. The zero-order valence-corrected chi connectivity index (χ0v) is 11.0. The Hall–Kier alpha value is -2.49. The first-order valence-electron chi connectivity index (χ1n) is 6.28.